The average Bonchev–Trinajstić information content (AvgIpc) is 2.96. The Morgan fingerprint density at radius 3 is 2.61 bits per heavy atom. The van der Waals surface area contributed by atoms with Gasteiger partial charge in [0.15, 0.2) is 0 Å². The summed E-state index contributed by atoms with van der Waals surface area (Å²) >= 11 is 1.94. The molecule has 102 valence electrons. The van der Waals surface area contributed by atoms with Crippen molar-refractivity contribution in [3.63, 3.8) is 0 Å². The molecule has 2 heterocycles. The van der Waals surface area contributed by atoms with E-state index in [1.54, 1.807) is 0 Å². The number of aliphatic hydroxyl groups is 1. The molecule has 1 atom stereocenters. The highest BCUT2D eigenvalue weighted by molar-refractivity contribution is 7.12. The molecule has 0 radical (unpaired) electrons. The molecule has 2 nitrogen and oxygen atoms in total. The second kappa shape index (κ2) is 6.69. The topological polar surface area (TPSA) is 23.5 Å². The van der Waals surface area contributed by atoms with Crippen LogP contribution in [0.2, 0.25) is 0 Å². The molecule has 2 rings (SSSR count). The quantitative estimate of drug-likeness (QED) is 0.853. The number of thiophene rings is 1. The lowest BCUT2D eigenvalue weighted by atomic mass is 10.1. The first kappa shape index (κ1) is 14.0. The molecule has 1 unspecified atom stereocenters. The standard InChI is InChI=1S/C15H25NOS/c1-12(2)11-13-5-6-15(18-13)14(7-10-17)16-8-3-4-9-16/h5-6,12,14,17H,3-4,7-11H2,1-2H3. The van der Waals surface area contributed by atoms with Crippen LogP contribution in [-0.2, 0) is 6.42 Å². The number of likely N-dealkylation sites (tertiary alicyclic amines) is 1. The van der Waals surface area contributed by atoms with E-state index in [4.69, 9.17) is 0 Å². The summed E-state index contributed by atoms with van der Waals surface area (Å²) in [5.41, 5.74) is 0. The van der Waals surface area contributed by atoms with Crippen LogP contribution >= 0.6 is 11.3 Å². The molecule has 1 aliphatic heterocycles. The van der Waals surface area contributed by atoms with Crippen molar-refractivity contribution < 1.29 is 5.11 Å². The molecule has 0 bridgehead atoms. The van der Waals surface area contributed by atoms with Gasteiger partial charge in [0.25, 0.3) is 0 Å². The summed E-state index contributed by atoms with van der Waals surface area (Å²) in [6, 6.07) is 5.00. The van der Waals surface area contributed by atoms with Crippen molar-refractivity contribution >= 4 is 11.3 Å². The smallest absolute Gasteiger partial charge is 0.0463 e. The maximum Gasteiger partial charge on any atom is 0.0463 e. The summed E-state index contributed by atoms with van der Waals surface area (Å²) in [4.78, 5) is 5.48. The SMILES string of the molecule is CC(C)Cc1ccc(C(CCO)N2CCCC2)s1. The van der Waals surface area contributed by atoms with Gasteiger partial charge in [0.1, 0.15) is 0 Å². The molecule has 18 heavy (non-hydrogen) atoms. The van der Waals surface area contributed by atoms with E-state index in [-0.39, 0.29) is 0 Å². The van der Waals surface area contributed by atoms with Crippen LogP contribution in [0.5, 0.6) is 0 Å². The van der Waals surface area contributed by atoms with Crippen LogP contribution < -0.4 is 0 Å². The summed E-state index contributed by atoms with van der Waals surface area (Å²) in [5.74, 6) is 0.722. The highest BCUT2D eigenvalue weighted by atomic mass is 32.1. The third kappa shape index (κ3) is 3.56. The molecule has 0 amide bonds. The fraction of sp³-hybridized carbons (Fsp3) is 0.733. The molecular weight excluding hydrogens is 242 g/mol. The first-order chi connectivity index (χ1) is 8.70. The van der Waals surface area contributed by atoms with E-state index in [1.165, 1.54) is 42.1 Å². The lowest BCUT2D eigenvalue weighted by Crippen LogP contribution is -2.25. The van der Waals surface area contributed by atoms with Crippen LogP contribution in [0.1, 0.15) is 48.9 Å². The predicted molar refractivity (Wildman–Crippen MR) is 78.1 cm³/mol. The first-order valence-electron chi connectivity index (χ1n) is 7.14. The van der Waals surface area contributed by atoms with E-state index in [9.17, 15) is 5.11 Å². The lowest BCUT2D eigenvalue weighted by Gasteiger charge is -2.26. The normalized spacial score (nSPS) is 18.7. The predicted octanol–water partition coefficient (Wildman–Crippen LogP) is 3.47. The van der Waals surface area contributed by atoms with Crippen LogP contribution in [0.3, 0.4) is 0 Å². The van der Waals surface area contributed by atoms with Gasteiger partial charge in [-0.2, -0.15) is 0 Å². The van der Waals surface area contributed by atoms with Gasteiger partial charge in [-0.1, -0.05) is 13.8 Å². The number of hydrogen-bond acceptors (Lipinski definition) is 3. The van der Waals surface area contributed by atoms with E-state index >= 15 is 0 Å². The Balaban J connectivity index is 2.07. The maximum absolute atomic E-state index is 9.29. The van der Waals surface area contributed by atoms with E-state index < -0.39 is 0 Å². The Kier molecular flexibility index (Phi) is 5.22. The molecular formula is C15H25NOS. The molecule has 0 aromatic carbocycles. The second-order valence-electron chi connectivity index (χ2n) is 5.67. The highest BCUT2D eigenvalue weighted by Crippen LogP contribution is 2.33. The molecule has 1 aliphatic rings. The highest BCUT2D eigenvalue weighted by Gasteiger charge is 2.24. The van der Waals surface area contributed by atoms with Gasteiger partial charge in [-0.15, -0.1) is 11.3 Å². The van der Waals surface area contributed by atoms with Gasteiger partial charge in [-0.25, -0.2) is 0 Å². The van der Waals surface area contributed by atoms with Crippen molar-refractivity contribution in [1.29, 1.82) is 0 Å². The largest absolute Gasteiger partial charge is 0.396 e. The summed E-state index contributed by atoms with van der Waals surface area (Å²) in [6.45, 7) is 7.22. The van der Waals surface area contributed by atoms with Crippen molar-refractivity contribution in [2.45, 2.75) is 45.6 Å². The Hall–Kier alpha value is -0.380. The van der Waals surface area contributed by atoms with Crippen LogP contribution in [0.15, 0.2) is 12.1 Å². The lowest BCUT2D eigenvalue weighted by molar-refractivity contribution is 0.188. The van der Waals surface area contributed by atoms with Crippen molar-refractivity contribution in [2.75, 3.05) is 19.7 Å². The summed E-state index contributed by atoms with van der Waals surface area (Å²) < 4.78 is 0. The van der Waals surface area contributed by atoms with E-state index in [0.717, 1.165) is 12.3 Å². The van der Waals surface area contributed by atoms with Crippen molar-refractivity contribution in [2.24, 2.45) is 5.92 Å². The number of hydrogen-bond donors (Lipinski definition) is 1. The van der Waals surface area contributed by atoms with E-state index in [2.05, 4.69) is 30.9 Å². The average molecular weight is 267 g/mol. The number of nitrogens with zero attached hydrogens (tertiary/aromatic N) is 1. The Labute approximate surface area is 115 Å². The van der Waals surface area contributed by atoms with Gasteiger partial charge in [0, 0.05) is 22.4 Å². The molecule has 0 spiro atoms. The zero-order valence-corrected chi connectivity index (χ0v) is 12.4. The molecule has 1 saturated heterocycles. The summed E-state index contributed by atoms with van der Waals surface area (Å²) in [7, 11) is 0. The summed E-state index contributed by atoms with van der Waals surface area (Å²) in [5, 5.41) is 9.29. The zero-order valence-electron chi connectivity index (χ0n) is 11.6. The summed E-state index contributed by atoms with van der Waals surface area (Å²) in [6.07, 6.45) is 4.68. The molecule has 1 aromatic rings. The van der Waals surface area contributed by atoms with Gasteiger partial charge in [-0.3, -0.25) is 4.90 Å². The Morgan fingerprint density at radius 2 is 2.00 bits per heavy atom. The van der Waals surface area contributed by atoms with Gasteiger partial charge in [-0.05, 0) is 56.8 Å². The molecule has 0 saturated carbocycles. The molecule has 3 heteroatoms. The zero-order chi connectivity index (χ0) is 13.0. The molecule has 0 aliphatic carbocycles. The monoisotopic (exact) mass is 267 g/mol. The number of aliphatic hydroxyl groups excluding tert-OH is 1. The fourth-order valence-electron chi connectivity index (χ4n) is 2.77. The first-order valence-corrected chi connectivity index (χ1v) is 7.96. The van der Waals surface area contributed by atoms with E-state index in [0.29, 0.717) is 12.6 Å². The fourth-order valence-corrected chi connectivity index (χ4v) is 4.16. The Morgan fingerprint density at radius 1 is 1.28 bits per heavy atom. The number of rotatable bonds is 6. The van der Waals surface area contributed by atoms with Crippen LogP contribution in [-0.4, -0.2) is 29.7 Å². The Bertz CT molecular complexity index is 355. The third-order valence-electron chi connectivity index (χ3n) is 3.60. The van der Waals surface area contributed by atoms with Gasteiger partial charge in [0.05, 0.1) is 0 Å². The second-order valence-corrected chi connectivity index (χ2v) is 6.87. The molecule has 1 N–H and O–H groups in total. The van der Waals surface area contributed by atoms with E-state index in [1.807, 2.05) is 11.3 Å². The van der Waals surface area contributed by atoms with Crippen molar-refractivity contribution in [3.05, 3.63) is 21.9 Å². The van der Waals surface area contributed by atoms with Crippen molar-refractivity contribution in [3.8, 4) is 0 Å². The maximum atomic E-state index is 9.29. The minimum atomic E-state index is 0.290. The van der Waals surface area contributed by atoms with Gasteiger partial charge in [0.2, 0.25) is 0 Å². The molecule has 1 fully saturated rings. The third-order valence-corrected chi connectivity index (χ3v) is 4.81. The van der Waals surface area contributed by atoms with Crippen molar-refractivity contribution in [1.82, 2.24) is 4.90 Å². The molecule has 1 aromatic heterocycles. The van der Waals surface area contributed by atoms with Gasteiger partial charge >= 0.3 is 0 Å². The van der Waals surface area contributed by atoms with Crippen LogP contribution in [0.4, 0.5) is 0 Å². The minimum Gasteiger partial charge on any atom is -0.396 e. The minimum absolute atomic E-state index is 0.290. The van der Waals surface area contributed by atoms with Crippen LogP contribution in [0.25, 0.3) is 0 Å². The van der Waals surface area contributed by atoms with Crippen LogP contribution in [0, 0.1) is 5.92 Å². The van der Waals surface area contributed by atoms with Gasteiger partial charge < -0.3 is 5.11 Å².